The van der Waals surface area contributed by atoms with E-state index in [2.05, 4.69) is 5.32 Å². The smallest absolute Gasteiger partial charge is 0.407 e. The highest BCUT2D eigenvalue weighted by atomic mass is 35.5. The first-order chi connectivity index (χ1) is 20.5. The first-order valence-electron chi connectivity index (χ1n) is 14.7. The summed E-state index contributed by atoms with van der Waals surface area (Å²) in [6.45, 7) is 8.36. The van der Waals surface area contributed by atoms with Gasteiger partial charge in [0.1, 0.15) is 16.3 Å². The quantitative estimate of drug-likeness (QED) is 0.224. The number of hydrogen-bond donors (Lipinski definition) is 1. The van der Waals surface area contributed by atoms with E-state index in [-0.39, 0.29) is 17.4 Å². The molecule has 4 aromatic rings. The van der Waals surface area contributed by atoms with Crippen LogP contribution in [0.4, 0.5) is 4.79 Å². The Bertz CT molecular complexity index is 1650. The van der Waals surface area contributed by atoms with Crippen molar-refractivity contribution in [1.29, 1.82) is 0 Å². The van der Waals surface area contributed by atoms with Gasteiger partial charge in [0.25, 0.3) is 11.5 Å². The molecule has 0 aliphatic heterocycles. The number of rotatable bonds is 10. The molecule has 1 atom stereocenters. The fourth-order valence-electron chi connectivity index (χ4n) is 5.20. The van der Waals surface area contributed by atoms with Crippen molar-refractivity contribution < 1.29 is 14.3 Å². The summed E-state index contributed by atoms with van der Waals surface area (Å²) in [6, 6.07) is 20.1. The van der Waals surface area contributed by atoms with Crippen molar-refractivity contribution in [2.24, 2.45) is 5.92 Å². The van der Waals surface area contributed by atoms with Crippen LogP contribution in [0.5, 0.6) is 0 Å². The third-order valence-corrected chi connectivity index (χ3v) is 7.69. The number of fused-ring (bicyclic) bond motifs is 1. The van der Waals surface area contributed by atoms with E-state index in [1.54, 1.807) is 16.7 Å². The van der Waals surface area contributed by atoms with Gasteiger partial charge in [0, 0.05) is 18.7 Å². The van der Waals surface area contributed by atoms with Crippen LogP contribution in [0.2, 0.25) is 5.15 Å². The van der Waals surface area contributed by atoms with Gasteiger partial charge in [0.15, 0.2) is 5.82 Å². The van der Waals surface area contributed by atoms with Gasteiger partial charge in [-0.15, -0.1) is 0 Å². The van der Waals surface area contributed by atoms with Crippen LogP contribution in [0.15, 0.2) is 71.5 Å². The minimum atomic E-state index is -0.610. The molecule has 2 amide bonds. The fourth-order valence-corrected chi connectivity index (χ4v) is 5.40. The molecule has 10 heteroatoms. The standard InChI is InChI=1S/C33H38ClN5O4/c1-22-11-13-25(14-12-22)30(40)37(20-8-19-35-32(42)43-33(2,3)4)28(24-15-16-24)29-36-39-26(17-18-27(39)34)31(41)38(29)21-23-9-6-5-7-10-23/h5-7,9-14,17-18,24,28H,8,15-16,19-21H2,1-4H3,(H,35,42). The van der Waals surface area contributed by atoms with Gasteiger partial charge in [-0.25, -0.2) is 9.31 Å². The molecule has 9 nitrogen and oxygen atoms in total. The van der Waals surface area contributed by atoms with Gasteiger partial charge >= 0.3 is 6.09 Å². The lowest BCUT2D eigenvalue weighted by Gasteiger charge is -2.33. The Morgan fingerprint density at radius 1 is 1.07 bits per heavy atom. The lowest BCUT2D eigenvalue weighted by molar-refractivity contribution is 0.0522. The Balaban J connectivity index is 1.54. The van der Waals surface area contributed by atoms with Gasteiger partial charge < -0.3 is 15.0 Å². The largest absolute Gasteiger partial charge is 0.444 e. The van der Waals surface area contributed by atoms with Gasteiger partial charge in [-0.2, -0.15) is 5.10 Å². The molecular formula is C33H38ClN5O4. The molecule has 1 aliphatic carbocycles. The highest BCUT2D eigenvalue weighted by Crippen LogP contribution is 2.44. The second-order valence-electron chi connectivity index (χ2n) is 12.1. The molecule has 0 radical (unpaired) electrons. The van der Waals surface area contributed by atoms with Crippen LogP contribution in [0.25, 0.3) is 5.52 Å². The maximum Gasteiger partial charge on any atom is 0.407 e. The number of benzene rings is 2. The predicted octanol–water partition coefficient (Wildman–Crippen LogP) is 6.01. The molecule has 5 rings (SSSR count). The Morgan fingerprint density at radius 3 is 2.42 bits per heavy atom. The van der Waals surface area contributed by atoms with Crippen LogP contribution in [-0.4, -0.2) is 49.8 Å². The maximum atomic E-state index is 14.2. The summed E-state index contributed by atoms with van der Waals surface area (Å²) in [4.78, 5) is 42.2. The van der Waals surface area contributed by atoms with Gasteiger partial charge in [-0.05, 0) is 82.7 Å². The average molecular weight is 604 g/mol. The number of nitrogens with zero attached hydrogens (tertiary/aromatic N) is 4. The summed E-state index contributed by atoms with van der Waals surface area (Å²) >= 11 is 6.48. The minimum Gasteiger partial charge on any atom is -0.444 e. The maximum absolute atomic E-state index is 14.2. The third kappa shape index (κ3) is 7.28. The predicted molar refractivity (Wildman–Crippen MR) is 167 cm³/mol. The van der Waals surface area contributed by atoms with E-state index in [0.29, 0.717) is 48.1 Å². The van der Waals surface area contributed by atoms with E-state index >= 15 is 0 Å². The van der Waals surface area contributed by atoms with Crippen molar-refractivity contribution in [1.82, 2.24) is 24.4 Å². The van der Waals surface area contributed by atoms with E-state index in [1.807, 2.05) is 87.2 Å². The first kappa shape index (κ1) is 30.4. The number of aromatic nitrogens is 3. The summed E-state index contributed by atoms with van der Waals surface area (Å²) in [5.74, 6) is 0.449. The summed E-state index contributed by atoms with van der Waals surface area (Å²) in [5.41, 5.74) is 2.09. The van der Waals surface area contributed by atoms with E-state index in [0.717, 1.165) is 24.0 Å². The van der Waals surface area contributed by atoms with Crippen molar-refractivity contribution in [3.05, 3.63) is 105 Å². The summed E-state index contributed by atoms with van der Waals surface area (Å²) in [6.07, 6.45) is 1.78. The van der Waals surface area contributed by atoms with Gasteiger partial charge in [-0.3, -0.25) is 14.2 Å². The molecule has 0 bridgehead atoms. The monoisotopic (exact) mass is 603 g/mol. The number of nitrogens with one attached hydrogen (secondary N) is 1. The molecular weight excluding hydrogens is 566 g/mol. The van der Waals surface area contributed by atoms with Crippen LogP contribution in [0, 0.1) is 12.8 Å². The molecule has 1 N–H and O–H groups in total. The lowest BCUT2D eigenvalue weighted by atomic mass is 10.1. The number of carbonyl (C=O) groups is 2. The zero-order valence-corrected chi connectivity index (χ0v) is 25.8. The van der Waals surface area contributed by atoms with Crippen molar-refractivity contribution in [2.75, 3.05) is 13.1 Å². The Labute approximate surface area is 256 Å². The number of halogens is 1. The van der Waals surface area contributed by atoms with Gasteiger partial charge in [-0.1, -0.05) is 59.6 Å². The Morgan fingerprint density at radius 2 is 1.77 bits per heavy atom. The average Bonchev–Trinajstić information content (AvgIpc) is 3.73. The Hall–Kier alpha value is -4.11. The topological polar surface area (TPSA) is 97.9 Å². The van der Waals surface area contributed by atoms with E-state index < -0.39 is 17.7 Å². The zero-order valence-electron chi connectivity index (χ0n) is 25.0. The highest BCUT2D eigenvalue weighted by molar-refractivity contribution is 6.29. The number of hydrogen-bond acceptors (Lipinski definition) is 5. The molecule has 0 spiro atoms. The van der Waals surface area contributed by atoms with Gasteiger partial charge in [0.2, 0.25) is 0 Å². The van der Waals surface area contributed by atoms with Crippen LogP contribution in [0.1, 0.15) is 73.4 Å². The second kappa shape index (κ2) is 12.6. The van der Waals surface area contributed by atoms with Crippen LogP contribution < -0.4 is 10.9 Å². The van der Waals surface area contributed by atoms with Crippen molar-refractivity contribution in [3.8, 4) is 0 Å². The molecule has 0 saturated heterocycles. The number of ether oxygens (including phenoxy) is 1. The van der Waals surface area contributed by atoms with E-state index in [4.69, 9.17) is 21.4 Å². The zero-order chi connectivity index (χ0) is 30.7. The number of amides is 2. The number of alkyl carbamates (subject to hydrolysis) is 1. The minimum absolute atomic E-state index is 0.119. The molecule has 2 aromatic heterocycles. The molecule has 43 heavy (non-hydrogen) atoms. The molecule has 2 heterocycles. The second-order valence-corrected chi connectivity index (χ2v) is 12.5. The Kier molecular flexibility index (Phi) is 8.92. The summed E-state index contributed by atoms with van der Waals surface area (Å²) in [5, 5.41) is 8.05. The lowest BCUT2D eigenvalue weighted by Crippen LogP contribution is -2.42. The van der Waals surface area contributed by atoms with E-state index in [1.165, 1.54) is 4.52 Å². The van der Waals surface area contributed by atoms with Crippen LogP contribution in [-0.2, 0) is 11.3 Å². The SMILES string of the molecule is Cc1ccc(C(=O)N(CCCNC(=O)OC(C)(C)C)C(c2nn3c(Cl)ccc3c(=O)n2Cc2ccccc2)C2CC2)cc1. The fraction of sp³-hybridized carbons (Fsp3) is 0.394. The molecule has 1 aliphatic rings. The van der Waals surface area contributed by atoms with Crippen molar-refractivity contribution >= 4 is 29.1 Å². The molecule has 1 unspecified atom stereocenters. The van der Waals surface area contributed by atoms with Crippen molar-refractivity contribution in [2.45, 2.75) is 65.1 Å². The number of carbonyl (C=O) groups excluding carboxylic acids is 2. The highest BCUT2D eigenvalue weighted by Gasteiger charge is 2.42. The molecule has 2 aromatic carbocycles. The van der Waals surface area contributed by atoms with Crippen molar-refractivity contribution in [3.63, 3.8) is 0 Å². The normalized spacial score (nSPS) is 14.0. The summed E-state index contributed by atoms with van der Waals surface area (Å²) in [7, 11) is 0. The summed E-state index contributed by atoms with van der Waals surface area (Å²) < 4.78 is 8.52. The first-order valence-corrected chi connectivity index (χ1v) is 15.1. The molecule has 1 fully saturated rings. The van der Waals surface area contributed by atoms with Crippen LogP contribution >= 0.6 is 11.6 Å². The van der Waals surface area contributed by atoms with Crippen LogP contribution in [0.3, 0.4) is 0 Å². The third-order valence-electron chi connectivity index (χ3n) is 7.41. The number of aryl methyl sites for hydroxylation is 1. The van der Waals surface area contributed by atoms with Gasteiger partial charge in [0.05, 0.1) is 12.6 Å². The molecule has 226 valence electrons. The van der Waals surface area contributed by atoms with E-state index in [9.17, 15) is 14.4 Å². The molecule has 1 saturated carbocycles.